The summed E-state index contributed by atoms with van der Waals surface area (Å²) in [5.41, 5.74) is 1.77. The van der Waals surface area contributed by atoms with Crippen LogP contribution in [0.5, 0.6) is 0 Å². The van der Waals surface area contributed by atoms with Crippen LogP contribution in [0.2, 0.25) is 0 Å². The number of amides is 2. The van der Waals surface area contributed by atoms with E-state index in [-0.39, 0.29) is 18.4 Å². The molecule has 0 radical (unpaired) electrons. The summed E-state index contributed by atoms with van der Waals surface area (Å²) in [5.74, 6) is 0.192. The van der Waals surface area contributed by atoms with Crippen molar-refractivity contribution in [3.63, 3.8) is 0 Å². The van der Waals surface area contributed by atoms with Gasteiger partial charge in [-0.3, -0.25) is 14.6 Å². The molecule has 0 bridgehead atoms. The summed E-state index contributed by atoms with van der Waals surface area (Å²) < 4.78 is 5.19. The van der Waals surface area contributed by atoms with Gasteiger partial charge in [0.05, 0.1) is 23.9 Å². The lowest BCUT2D eigenvalue weighted by atomic mass is 10.1. The van der Waals surface area contributed by atoms with Crippen molar-refractivity contribution in [3.8, 4) is 0 Å². The van der Waals surface area contributed by atoms with Crippen LogP contribution in [0.1, 0.15) is 39.0 Å². The average molecular weight is 363 g/mol. The molecule has 3 rings (SSSR count). The number of carbonyl (C=O) groups excluding carboxylic acids is 2. The molecular weight excluding hydrogens is 342 g/mol. The Morgan fingerprint density at radius 3 is 2.56 bits per heavy atom. The van der Waals surface area contributed by atoms with Gasteiger partial charge in [-0.25, -0.2) is 0 Å². The predicted octanol–water partition coefficient (Wildman–Crippen LogP) is 3.27. The Bertz CT molecular complexity index is 892. The van der Waals surface area contributed by atoms with Crippen LogP contribution in [-0.4, -0.2) is 28.2 Å². The number of aromatic nitrogens is 1. The molecule has 0 atom stereocenters. The largest absolute Gasteiger partial charge is 0.467 e. The predicted molar refractivity (Wildman–Crippen MR) is 101 cm³/mol. The van der Waals surface area contributed by atoms with E-state index in [0.29, 0.717) is 30.0 Å². The van der Waals surface area contributed by atoms with Crippen molar-refractivity contribution < 1.29 is 14.0 Å². The molecule has 2 amide bonds. The highest BCUT2D eigenvalue weighted by Crippen LogP contribution is 2.11. The van der Waals surface area contributed by atoms with E-state index < -0.39 is 0 Å². The van der Waals surface area contributed by atoms with Crippen molar-refractivity contribution in [1.82, 2.24) is 15.2 Å². The van der Waals surface area contributed by atoms with Crippen LogP contribution in [0.4, 0.5) is 0 Å². The van der Waals surface area contributed by atoms with E-state index in [1.165, 1.54) is 12.4 Å². The summed E-state index contributed by atoms with van der Waals surface area (Å²) in [6, 6.07) is 14.9. The second kappa shape index (κ2) is 8.80. The Hall–Kier alpha value is -3.41. The van der Waals surface area contributed by atoms with Crippen molar-refractivity contribution in [1.29, 1.82) is 0 Å². The van der Waals surface area contributed by atoms with Crippen LogP contribution in [0.3, 0.4) is 0 Å². The summed E-state index contributed by atoms with van der Waals surface area (Å²) >= 11 is 0. The minimum absolute atomic E-state index is 0.158. The number of hydrogen-bond acceptors (Lipinski definition) is 4. The first-order chi connectivity index (χ1) is 13.2. The van der Waals surface area contributed by atoms with E-state index in [2.05, 4.69) is 10.3 Å². The number of carbonyl (C=O) groups is 2. The van der Waals surface area contributed by atoms with E-state index in [1.54, 1.807) is 29.4 Å². The molecule has 0 saturated carbocycles. The monoisotopic (exact) mass is 363 g/mol. The number of furan rings is 1. The SMILES string of the molecule is CCN(Cc1ccccc1)C(=O)c1cncc(C(=O)NCc2ccco2)c1. The van der Waals surface area contributed by atoms with Crippen molar-refractivity contribution >= 4 is 11.8 Å². The lowest BCUT2D eigenvalue weighted by molar-refractivity contribution is 0.0752. The normalized spacial score (nSPS) is 10.4. The van der Waals surface area contributed by atoms with E-state index >= 15 is 0 Å². The van der Waals surface area contributed by atoms with E-state index in [1.807, 2.05) is 37.3 Å². The van der Waals surface area contributed by atoms with Crippen LogP contribution >= 0.6 is 0 Å². The van der Waals surface area contributed by atoms with E-state index in [9.17, 15) is 9.59 Å². The number of benzene rings is 1. The molecule has 27 heavy (non-hydrogen) atoms. The van der Waals surface area contributed by atoms with Gasteiger partial charge in [-0.05, 0) is 30.7 Å². The first kappa shape index (κ1) is 18.4. The third kappa shape index (κ3) is 4.82. The van der Waals surface area contributed by atoms with Crippen LogP contribution in [-0.2, 0) is 13.1 Å². The molecule has 0 saturated heterocycles. The molecule has 0 aliphatic heterocycles. The van der Waals surface area contributed by atoms with Crippen molar-refractivity contribution in [3.05, 3.63) is 89.6 Å². The summed E-state index contributed by atoms with van der Waals surface area (Å²) in [7, 11) is 0. The van der Waals surface area contributed by atoms with Gasteiger partial charge in [0.1, 0.15) is 5.76 Å². The smallest absolute Gasteiger partial charge is 0.255 e. The molecular formula is C21H21N3O3. The molecule has 2 aromatic heterocycles. The highest BCUT2D eigenvalue weighted by Gasteiger charge is 2.17. The number of pyridine rings is 1. The van der Waals surface area contributed by atoms with Crippen LogP contribution in [0.25, 0.3) is 0 Å². The van der Waals surface area contributed by atoms with Gasteiger partial charge in [0.2, 0.25) is 0 Å². The fourth-order valence-corrected chi connectivity index (χ4v) is 2.68. The molecule has 6 nitrogen and oxygen atoms in total. The van der Waals surface area contributed by atoms with E-state index in [0.717, 1.165) is 5.56 Å². The third-order valence-electron chi connectivity index (χ3n) is 4.14. The molecule has 0 fully saturated rings. The maximum Gasteiger partial charge on any atom is 0.255 e. The lowest BCUT2D eigenvalue weighted by Gasteiger charge is -2.21. The standard InChI is InChI=1S/C21H21N3O3/c1-2-24(15-16-7-4-3-5-8-16)21(26)18-11-17(12-22-13-18)20(25)23-14-19-9-6-10-27-19/h3-13H,2,14-15H2,1H3,(H,23,25). The molecule has 0 aliphatic rings. The topological polar surface area (TPSA) is 75.4 Å². The zero-order valence-corrected chi connectivity index (χ0v) is 15.1. The Morgan fingerprint density at radius 2 is 1.85 bits per heavy atom. The third-order valence-corrected chi connectivity index (χ3v) is 4.14. The molecule has 2 heterocycles. The number of nitrogens with one attached hydrogen (secondary N) is 1. The zero-order valence-electron chi connectivity index (χ0n) is 15.1. The Labute approximate surface area is 157 Å². The minimum Gasteiger partial charge on any atom is -0.467 e. The summed E-state index contributed by atoms with van der Waals surface area (Å²) in [5, 5.41) is 2.75. The van der Waals surface area contributed by atoms with Gasteiger partial charge >= 0.3 is 0 Å². The van der Waals surface area contributed by atoms with Crippen molar-refractivity contribution in [2.75, 3.05) is 6.54 Å². The molecule has 1 aromatic carbocycles. The first-order valence-corrected chi connectivity index (χ1v) is 8.76. The fraction of sp³-hybridized carbons (Fsp3) is 0.190. The Kier molecular flexibility index (Phi) is 5.99. The maximum absolute atomic E-state index is 12.8. The van der Waals surface area contributed by atoms with Crippen LogP contribution < -0.4 is 5.32 Å². The number of nitrogens with zero attached hydrogens (tertiary/aromatic N) is 2. The summed E-state index contributed by atoms with van der Waals surface area (Å²) in [6.45, 7) is 3.26. The van der Waals surface area contributed by atoms with Gasteiger partial charge in [0.25, 0.3) is 11.8 Å². The molecule has 0 spiro atoms. The first-order valence-electron chi connectivity index (χ1n) is 8.76. The summed E-state index contributed by atoms with van der Waals surface area (Å²) in [4.78, 5) is 30.9. The van der Waals surface area contributed by atoms with Gasteiger partial charge in [0.15, 0.2) is 0 Å². The molecule has 1 N–H and O–H groups in total. The molecule has 6 heteroatoms. The summed E-state index contributed by atoms with van der Waals surface area (Å²) in [6.07, 6.45) is 4.48. The zero-order chi connectivity index (χ0) is 19.1. The van der Waals surface area contributed by atoms with Crippen LogP contribution in [0, 0.1) is 0 Å². The molecule has 0 aliphatic carbocycles. The quantitative estimate of drug-likeness (QED) is 0.699. The average Bonchev–Trinajstić information content (AvgIpc) is 3.24. The van der Waals surface area contributed by atoms with Gasteiger partial charge < -0.3 is 14.6 Å². The van der Waals surface area contributed by atoms with Gasteiger partial charge in [0, 0.05) is 25.5 Å². The second-order valence-corrected chi connectivity index (χ2v) is 6.03. The Balaban J connectivity index is 1.69. The number of hydrogen-bond donors (Lipinski definition) is 1. The molecule has 0 unspecified atom stereocenters. The molecule has 138 valence electrons. The van der Waals surface area contributed by atoms with Gasteiger partial charge in [-0.15, -0.1) is 0 Å². The highest BCUT2D eigenvalue weighted by molar-refractivity contribution is 5.99. The van der Waals surface area contributed by atoms with Crippen molar-refractivity contribution in [2.24, 2.45) is 0 Å². The maximum atomic E-state index is 12.8. The Morgan fingerprint density at radius 1 is 1.07 bits per heavy atom. The minimum atomic E-state index is -0.306. The number of rotatable bonds is 7. The van der Waals surface area contributed by atoms with Crippen LogP contribution in [0.15, 0.2) is 71.6 Å². The van der Waals surface area contributed by atoms with Crippen molar-refractivity contribution in [2.45, 2.75) is 20.0 Å². The second-order valence-electron chi connectivity index (χ2n) is 6.03. The molecule has 3 aromatic rings. The fourth-order valence-electron chi connectivity index (χ4n) is 2.68. The highest BCUT2D eigenvalue weighted by atomic mass is 16.3. The lowest BCUT2D eigenvalue weighted by Crippen LogP contribution is -2.31. The van der Waals surface area contributed by atoms with E-state index in [4.69, 9.17) is 4.42 Å². The van der Waals surface area contributed by atoms with Gasteiger partial charge in [-0.2, -0.15) is 0 Å². The van der Waals surface area contributed by atoms with Gasteiger partial charge in [-0.1, -0.05) is 30.3 Å².